The molecule has 27 heavy (non-hydrogen) atoms. The average Bonchev–Trinajstić information content (AvgIpc) is 3.06. The number of carbonyl (C=O) groups is 1. The molecule has 0 unspecified atom stereocenters. The van der Waals surface area contributed by atoms with Gasteiger partial charge in [-0.1, -0.05) is 29.4 Å². The zero-order valence-electron chi connectivity index (χ0n) is 14.1. The smallest absolute Gasteiger partial charge is 0.236 e. The van der Waals surface area contributed by atoms with E-state index < -0.39 is 0 Å². The van der Waals surface area contributed by atoms with Crippen LogP contribution in [0.15, 0.2) is 60.4 Å². The minimum Gasteiger partial charge on any atom is -0.310 e. The number of nitrogens with zero attached hydrogens (tertiary/aromatic N) is 4. The van der Waals surface area contributed by atoms with Crippen molar-refractivity contribution in [3.63, 3.8) is 0 Å². The number of carbonyl (C=O) groups excluding carboxylic acids is 1. The Kier molecular flexibility index (Phi) is 6.20. The van der Waals surface area contributed by atoms with E-state index in [4.69, 9.17) is 11.6 Å². The van der Waals surface area contributed by atoms with Crippen LogP contribution in [0, 0.1) is 5.82 Å². The Balaban J connectivity index is 1.70. The molecule has 1 aromatic carbocycles. The van der Waals surface area contributed by atoms with Gasteiger partial charge in [-0.05, 0) is 36.4 Å². The van der Waals surface area contributed by atoms with Crippen LogP contribution in [0.3, 0.4) is 0 Å². The maximum Gasteiger partial charge on any atom is 0.236 e. The number of hydrogen-bond donors (Lipinski definition) is 1. The molecule has 0 aliphatic heterocycles. The van der Waals surface area contributed by atoms with Gasteiger partial charge in [0, 0.05) is 18.3 Å². The van der Waals surface area contributed by atoms with E-state index in [0.717, 1.165) is 5.56 Å². The summed E-state index contributed by atoms with van der Waals surface area (Å²) >= 11 is 7.01. The van der Waals surface area contributed by atoms with Crippen LogP contribution in [-0.4, -0.2) is 31.4 Å². The molecule has 0 atom stereocenters. The van der Waals surface area contributed by atoms with Crippen molar-refractivity contribution in [1.29, 1.82) is 0 Å². The number of benzene rings is 1. The van der Waals surface area contributed by atoms with Gasteiger partial charge in [-0.2, -0.15) is 0 Å². The van der Waals surface area contributed by atoms with Gasteiger partial charge >= 0.3 is 0 Å². The zero-order chi connectivity index (χ0) is 19.2. The lowest BCUT2D eigenvalue weighted by molar-refractivity contribution is -0.113. The normalized spacial score (nSPS) is 10.6. The Morgan fingerprint density at radius 3 is 2.70 bits per heavy atom. The van der Waals surface area contributed by atoms with E-state index in [-0.39, 0.29) is 17.5 Å². The molecule has 0 saturated heterocycles. The number of rotatable bonds is 7. The summed E-state index contributed by atoms with van der Waals surface area (Å²) in [7, 11) is 0. The molecule has 2 aromatic heterocycles. The van der Waals surface area contributed by atoms with Crippen molar-refractivity contribution in [3.8, 4) is 11.4 Å². The van der Waals surface area contributed by atoms with Gasteiger partial charge < -0.3 is 5.32 Å². The number of hydrogen-bond acceptors (Lipinski definition) is 5. The summed E-state index contributed by atoms with van der Waals surface area (Å²) in [4.78, 5) is 16.2. The highest BCUT2D eigenvalue weighted by Gasteiger charge is 2.15. The Morgan fingerprint density at radius 2 is 2.04 bits per heavy atom. The largest absolute Gasteiger partial charge is 0.310 e. The fourth-order valence-electron chi connectivity index (χ4n) is 2.26. The second-order valence-corrected chi connectivity index (χ2v) is 6.79. The molecule has 0 saturated carbocycles. The van der Waals surface area contributed by atoms with Gasteiger partial charge in [0.05, 0.1) is 10.8 Å². The van der Waals surface area contributed by atoms with Crippen molar-refractivity contribution in [2.24, 2.45) is 0 Å². The summed E-state index contributed by atoms with van der Waals surface area (Å²) in [6, 6.07) is 9.26. The van der Waals surface area contributed by atoms with E-state index >= 15 is 0 Å². The van der Waals surface area contributed by atoms with Gasteiger partial charge in [0.2, 0.25) is 5.91 Å². The fraction of sp³-hybridized carbons (Fsp3) is 0.111. The first-order chi connectivity index (χ1) is 13.1. The molecule has 9 heteroatoms. The maximum atomic E-state index is 13.1. The lowest BCUT2D eigenvalue weighted by atomic mass is 10.2. The van der Waals surface area contributed by atoms with Crippen LogP contribution in [0.2, 0.25) is 5.02 Å². The second-order valence-electron chi connectivity index (χ2n) is 5.41. The molecule has 1 amide bonds. The minimum absolute atomic E-state index is 0.128. The lowest BCUT2D eigenvalue weighted by Gasteiger charge is -2.08. The van der Waals surface area contributed by atoms with Crippen molar-refractivity contribution in [1.82, 2.24) is 19.7 Å². The first-order valence-corrected chi connectivity index (χ1v) is 9.27. The molecule has 0 spiro atoms. The zero-order valence-corrected chi connectivity index (χ0v) is 15.7. The van der Waals surface area contributed by atoms with Crippen molar-refractivity contribution in [2.45, 2.75) is 11.7 Å². The highest BCUT2D eigenvalue weighted by atomic mass is 35.5. The van der Waals surface area contributed by atoms with Crippen molar-refractivity contribution in [3.05, 3.63) is 66.1 Å². The number of anilines is 1. The maximum absolute atomic E-state index is 13.1. The van der Waals surface area contributed by atoms with Gasteiger partial charge in [0.25, 0.3) is 0 Å². The lowest BCUT2D eigenvalue weighted by Crippen LogP contribution is -2.15. The predicted octanol–water partition coefficient (Wildman–Crippen LogP) is 4.05. The molecule has 3 aromatic rings. The van der Waals surface area contributed by atoms with Gasteiger partial charge in [-0.25, -0.2) is 9.37 Å². The van der Waals surface area contributed by atoms with E-state index in [0.29, 0.717) is 28.4 Å². The Hall–Kier alpha value is -2.71. The third-order valence-corrected chi connectivity index (χ3v) is 4.65. The van der Waals surface area contributed by atoms with E-state index in [1.165, 1.54) is 30.1 Å². The van der Waals surface area contributed by atoms with Crippen LogP contribution < -0.4 is 5.32 Å². The van der Waals surface area contributed by atoms with Crippen LogP contribution in [0.1, 0.15) is 0 Å². The first kappa shape index (κ1) is 19.1. The quantitative estimate of drug-likeness (QED) is 0.476. The topological polar surface area (TPSA) is 72.7 Å². The van der Waals surface area contributed by atoms with E-state index in [9.17, 15) is 9.18 Å². The van der Waals surface area contributed by atoms with Crippen LogP contribution in [0.4, 0.5) is 10.2 Å². The molecule has 6 nitrogen and oxygen atoms in total. The summed E-state index contributed by atoms with van der Waals surface area (Å²) in [6.07, 6.45) is 3.16. The second kappa shape index (κ2) is 8.79. The Bertz CT molecular complexity index is 943. The first-order valence-electron chi connectivity index (χ1n) is 7.91. The monoisotopic (exact) mass is 403 g/mol. The fourth-order valence-corrected chi connectivity index (χ4v) is 3.12. The van der Waals surface area contributed by atoms with Crippen molar-refractivity contribution < 1.29 is 9.18 Å². The van der Waals surface area contributed by atoms with Gasteiger partial charge in [0.15, 0.2) is 11.0 Å². The molecule has 0 bridgehead atoms. The van der Waals surface area contributed by atoms with E-state index in [1.807, 2.05) is 4.57 Å². The molecule has 1 N–H and O–H groups in total. The van der Waals surface area contributed by atoms with E-state index in [1.54, 1.807) is 30.3 Å². The number of allylic oxidation sites excluding steroid dienone is 1. The number of amides is 1. The van der Waals surface area contributed by atoms with Crippen molar-refractivity contribution >= 4 is 35.1 Å². The molecule has 0 aliphatic carbocycles. The SMILES string of the molecule is C=CCn1c(SCC(=O)Nc2ccc(Cl)cn2)nnc1-c1ccc(F)cc1. The van der Waals surface area contributed by atoms with Gasteiger partial charge in [-0.15, -0.1) is 16.8 Å². The summed E-state index contributed by atoms with van der Waals surface area (Å²) in [5.41, 5.74) is 0.729. The third kappa shape index (κ3) is 4.93. The predicted molar refractivity (Wildman–Crippen MR) is 104 cm³/mol. The summed E-state index contributed by atoms with van der Waals surface area (Å²) < 4.78 is 15.0. The highest BCUT2D eigenvalue weighted by molar-refractivity contribution is 7.99. The molecule has 2 heterocycles. The summed E-state index contributed by atoms with van der Waals surface area (Å²) in [6.45, 7) is 4.20. The minimum atomic E-state index is -0.324. The molecule has 3 rings (SSSR count). The summed E-state index contributed by atoms with van der Waals surface area (Å²) in [5.74, 6) is 0.576. The Morgan fingerprint density at radius 1 is 1.26 bits per heavy atom. The van der Waals surface area contributed by atoms with Crippen LogP contribution >= 0.6 is 23.4 Å². The summed E-state index contributed by atoms with van der Waals surface area (Å²) in [5, 5.41) is 12.1. The third-order valence-electron chi connectivity index (χ3n) is 3.46. The standard InChI is InChI=1S/C18H15ClFN5OS/c1-2-9-25-17(12-3-6-14(20)7-4-12)23-24-18(25)27-11-16(26)22-15-8-5-13(19)10-21-15/h2-8,10H,1,9,11H2,(H,21,22,26). The molecule has 0 fully saturated rings. The molecule has 0 radical (unpaired) electrons. The van der Waals surface area contributed by atoms with E-state index in [2.05, 4.69) is 27.1 Å². The van der Waals surface area contributed by atoms with Gasteiger partial charge in [0.1, 0.15) is 11.6 Å². The molecular formula is C18H15ClFN5OS. The molecular weight excluding hydrogens is 389 g/mol. The number of nitrogens with one attached hydrogen (secondary N) is 1. The number of halogens is 2. The number of pyridine rings is 1. The highest BCUT2D eigenvalue weighted by Crippen LogP contribution is 2.24. The van der Waals surface area contributed by atoms with Gasteiger partial charge in [-0.3, -0.25) is 9.36 Å². The Labute approximate surface area is 164 Å². The van der Waals surface area contributed by atoms with Crippen LogP contribution in [0.25, 0.3) is 11.4 Å². The number of thioether (sulfide) groups is 1. The van der Waals surface area contributed by atoms with Crippen LogP contribution in [0.5, 0.6) is 0 Å². The van der Waals surface area contributed by atoms with Crippen LogP contribution in [-0.2, 0) is 11.3 Å². The molecule has 0 aliphatic rings. The average molecular weight is 404 g/mol. The number of aromatic nitrogens is 4. The van der Waals surface area contributed by atoms with Crippen molar-refractivity contribution in [2.75, 3.05) is 11.1 Å². The molecule has 138 valence electrons.